The van der Waals surface area contributed by atoms with Crippen LogP contribution in [0.4, 0.5) is 5.69 Å². The van der Waals surface area contributed by atoms with E-state index >= 15 is 0 Å². The number of anilines is 1. The summed E-state index contributed by atoms with van der Waals surface area (Å²) in [5, 5.41) is 5.64. The smallest absolute Gasteiger partial charge is 0.251 e. The van der Waals surface area contributed by atoms with Crippen molar-refractivity contribution in [3.63, 3.8) is 0 Å². The summed E-state index contributed by atoms with van der Waals surface area (Å²) in [6.07, 6.45) is 1.63. The van der Waals surface area contributed by atoms with Crippen molar-refractivity contribution >= 4 is 17.5 Å². The average Bonchev–Trinajstić information content (AvgIpc) is 2.74. The Morgan fingerprint density at radius 1 is 0.759 bits per heavy atom. The second-order valence-electron chi connectivity index (χ2n) is 7.14. The average molecular weight is 386 g/mol. The highest BCUT2D eigenvalue weighted by atomic mass is 16.2. The molecule has 0 saturated heterocycles. The molecule has 2 N–H and O–H groups in total. The molecule has 0 heterocycles. The van der Waals surface area contributed by atoms with Crippen molar-refractivity contribution < 1.29 is 9.59 Å². The SMILES string of the molecule is Cc1cccc(C)c1NC(=O)CNC(=O)c1ccccc1CCc1ccccc1. The van der Waals surface area contributed by atoms with E-state index < -0.39 is 0 Å². The van der Waals surface area contributed by atoms with Crippen molar-refractivity contribution in [2.24, 2.45) is 0 Å². The van der Waals surface area contributed by atoms with E-state index in [1.807, 2.05) is 68.4 Å². The molecule has 0 bridgehead atoms. The number of nitrogens with one attached hydrogen (secondary N) is 2. The van der Waals surface area contributed by atoms with Crippen LogP contribution in [0.3, 0.4) is 0 Å². The van der Waals surface area contributed by atoms with E-state index in [9.17, 15) is 9.59 Å². The Hall–Kier alpha value is -3.40. The fourth-order valence-corrected chi connectivity index (χ4v) is 3.33. The van der Waals surface area contributed by atoms with E-state index in [4.69, 9.17) is 0 Å². The summed E-state index contributed by atoms with van der Waals surface area (Å²) in [7, 11) is 0. The first-order valence-corrected chi connectivity index (χ1v) is 9.80. The number of rotatable bonds is 7. The Bertz CT molecular complexity index is 976. The summed E-state index contributed by atoms with van der Waals surface area (Å²) in [6.45, 7) is 3.83. The number of aryl methyl sites for hydroxylation is 4. The Kier molecular flexibility index (Phi) is 6.80. The van der Waals surface area contributed by atoms with Gasteiger partial charge in [0.25, 0.3) is 5.91 Å². The predicted molar refractivity (Wildman–Crippen MR) is 117 cm³/mol. The summed E-state index contributed by atoms with van der Waals surface area (Å²) in [5.74, 6) is -0.470. The molecular weight excluding hydrogens is 360 g/mol. The van der Waals surface area contributed by atoms with E-state index in [2.05, 4.69) is 22.8 Å². The molecular formula is C25H26N2O2. The number of hydrogen-bond acceptors (Lipinski definition) is 2. The Labute approximate surface area is 172 Å². The molecule has 0 spiro atoms. The van der Waals surface area contributed by atoms with Crippen molar-refractivity contribution in [2.75, 3.05) is 11.9 Å². The molecule has 3 aromatic rings. The van der Waals surface area contributed by atoms with Gasteiger partial charge in [0.15, 0.2) is 0 Å². The zero-order chi connectivity index (χ0) is 20.6. The van der Waals surface area contributed by atoms with Crippen molar-refractivity contribution in [3.8, 4) is 0 Å². The fourth-order valence-electron chi connectivity index (χ4n) is 3.33. The van der Waals surface area contributed by atoms with Crippen molar-refractivity contribution in [1.82, 2.24) is 5.32 Å². The van der Waals surface area contributed by atoms with Gasteiger partial charge in [0, 0.05) is 11.3 Å². The van der Waals surface area contributed by atoms with Crippen LogP contribution in [0.2, 0.25) is 0 Å². The minimum Gasteiger partial charge on any atom is -0.343 e. The van der Waals surface area contributed by atoms with Crippen LogP contribution in [0.25, 0.3) is 0 Å². The number of amides is 2. The molecule has 0 aliphatic rings. The topological polar surface area (TPSA) is 58.2 Å². The van der Waals surface area contributed by atoms with Crippen LogP contribution >= 0.6 is 0 Å². The molecule has 4 nitrogen and oxygen atoms in total. The normalized spacial score (nSPS) is 10.4. The molecule has 3 aromatic carbocycles. The molecule has 0 aromatic heterocycles. The quantitative estimate of drug-likeness (QED) is 0.630. The molecule has 0 atom stereocenters. The highest BCUT2D eigenvalue weighted by Crippen LogP contribution is 2.19. The van der Waals surface area contributed by atoms with Crippen LogP contribution in [-0.2, 0) is 17.6 Å². The molecule has 0 unspecified atom stereocenters. The van der Waals surface area contributed by atoms with Gasteiger partial charge in [0.2, 0.25) is 5.91 Å². The van der Waals surface area contributed by atoms with Crippen LogP contribution < -0.4 is 10.6 Å². The van der Waals surface area contributed by atoms with Gasteiger partial charge in [-0.3, -0.25) is 9.59 Å². The van der Waals surface area contributed by atoms with Gasteiger partial charge in [0.1, 0.15) is 0 Å². The van der Waals surface area contributed by atoms with Gasteiger partial charge >= 0.3 is 0 Å². The molecule has 29 heavy (non-hydrogen) atoms. The van der Waals surface area contributed by atoms with Gasteiger partial charge in [-0.1, -0.05) is 66.7 Å². The minimum absolute atomic E-state index is 0.0698. The van der Waals surface area contributed by atoms with Gasteiger partial charge in [-0.2, -0.15) is 0 Å². The Balaban J connectivity index is 1.60. The Morgan fingerprint density at radius 3 is 2.14 bits per heavy atom. The molecule has 148 valence electrons. The maximum Gasteiger partial charge on any atom is 0.251 e. The van der Waals surface area contributed by atoms with E-state index in [1.54, 1.807) is 6.07 Å². The molecule has 0 aliphatic carbocycles. The highest BCUT2D eigenvalue weighted by molar-refractivity contribution is 6.00. The third-order valence-electron chi connectivity index (χ3n) is 4.94. The van der Waals surface area contributed by atoms with E-state index in [0.29, 0.717) is 5.56 Å². The maximum atomic E-state index is 12.7. The summed E-state index contributed by atoms with van der Waals surface area (Å²) in [5.41, 5.74) is 5.62. The number of benzene rings is 3. The first-order chi connectivity index (χ1) is 14.0. The summed E-state index contributed by atoms with van der Waals surface area (Å²) < 4.78 is 0. The monoisotopic (exact) mass is 386 g/mol. The van der Waals surface area contributed by atoms with Gasteiger partial charge in [-0.05, 0) is 55.0 Å². The Morgan fingerprint density at radius 2 is 1.41 bits per heavy atom. The van der Waals surface area contributed by atoms with Gasteiger partial charge in [-0.25, -0.2) is 0 Å². The lowest BCUT2D eigenvalue weighted by Crippen LogP contribution is -2.33. The molecule has 4 heteroatoms. The van der Waals surface area contributed by atoms with Gasteiger partial charge in [-0.15, -0.1) is 0 Å². The molecule has 0 aliphatic heterocycles. The zero-order valence-corrected chi connectivity index (χ0v) is 16.9. The predicted octanol–water partition coefficient (Wildman–Crippen LogP) is 4.46. The van der Waals surface area contributed by atoms with Crippen LogP contribution in [0.1, 0.15) is 32.6 Å². The van der Waals surface area contributed by atoms with Crippen molar-refractivity contribution in [2.45, 2.75) is 26.7 Å². The van der Waals surface area contributed by atoms with Crippen molar-refractivity contribution in [1.29, 1.82) is 0 Å². The molecule has 2 amide bonds. The first-order valence-electron chi connectivity index (χ1n) is 9.80. The summed E-state index contributed by atoms with van der Waals surface area (Å²) in [6, 6.07) is 23.6. The van der Waals surface area contributed by atoms with Crippen LogP contribution in [-0.4, -0.2) is 18.4 Å². The summed E-state index contributed by atoms with van der Waals surface area (Å²) >= 11 is 0. The lowest BCUT2D eigenvalue weighted by Gasteiger charge is -2.13. The maximum absolute atomic E-state index is 12.7. The fraction of sp³-hybridized carbons (Fsp3) is 0.200. The highest BCUT2D eigenvalue weighted by Gasteiger charge is 2.13. The minimum atomic E-state index is -0.238. The second kappa shape index (κ2) is 9.69. The van der Waals surface area contributed by atoms with E-state index in [1.165, 1.54) is 5.56 Å². The van der Waals surface area contributed by atoms with Crippen LogP contribution in [0.5, 0.6) is 0 Å². The van der Waals surface area contributed by atoms with E-state index in [-0.39, 0.29) is 18.4 Å². The van der Waals surface area contributed by atoms with Crippen LogP contribution in [0.15, 0.2) is 72.8 Å². The first kappa shape index (κ1) is 20.3. The zero-order valence-electron chi connectivity index (χ0n) is 16.9. The van der Waals surface area contributed by atoms with E-state index in [0.717, 1.165) is 35.2 Å². The number of carbonyl (C=O) groups excluding carboxylic acids is 2. The second-order valence-corrected chi connectivity index (χ2v) is 7.14. The summed E-state index contributed by atoms with van der Waals surface area (Å²) in [4.78, 5) is 25.0. The third kappa shape index (κ3) is 5.55. The molecule has 0 radical (unpaired) electrons. The van der Waals surface area contributed by atoms with Crippen LogP contribution in [0, 0.1) is 13.8 Å². The standard InChI is InChI=1S/C25H26N2O2/c1-18-9-8-10-19(2)24(18)27-23(28)17-26-25(29)22-14-7-6-13-21(22)16-15-20-11-4-3-5-12-20/h3-14H,15-17H2,1-2H3,(H,26,29)(H,27,28). The number of hydrogen-bond donors (Lipinski definition) is 2. The largest absolute Gasteiger partial charge is 0.343 e. The van der Waals surface area contributed by atoms with Gasteiger partial charge < -0.3 is 10.6 Å². The molecule has 3 rings (SSSR count). The number of carbonyl (C=O) groups is 2. The molecule has 0 saturated carbocycles. The third-order valence-corrected chi connectivity index (χ3v) is 4.94. The lowest BCUT2D eigenvalue weighted by molar-refractivity contribution is -0.115. The lowest BCUT2D eigenvalue weighted by atomic mass is 9.99. The van der Waals surface area contributed by atoms with Crippen molar-refractivity contribution in [3.05, 3.63) is 101 Å². The molecule has 0 fully saturated rings. The van der Waals surface area contributed by atoms with Gasteiger partial charge in [0.05, 0.1) is 6.54 Å². The number of para-hydroxylation sites is 1.